The molecular formula is C19H20N2O3S2. The molecule has 3 heterocycles. The number of hydrogen-bond acceptors (Lipinski definition) is 6. The Labute approximate surface area is 159 Å². The molecule has 136 valence electrons. The predicted octanol–water partition coefficient (Wildman–Crippen LogP) is 4.62. The maximum atomic E-state index is 12.5. The highest BCUT2D eigenvalue weighted by Crippen LogP contribution is 2.39. The molecule has 0 radical (unpaired) electrons. The topological polar surface area (TPSA) is 64.2 Å². The van der Waals surface area contributed by atoms with E-state index in [0.29, 0.717) is 24.4 Å². The fraction of sp³-hybridized carbons (Fsp3) is 0.368. The fourth-order valence-corrected chi connectivity index (χ4v) is 4.93. The van der Waals surface area contributed by atoms with Gasteiger partial charge in [0.15, 0.2) is 11.5 Å². The first kappa shape index (κ1) is 17.4. The second kappa shape index (κ2) is 6.96. The molecule has 0 bridgehead atoms. The van der Waals surface area contributed by atoms with Gasteiger partial charge in [-0.2, -0.15) is 0 Å². The molecule has 1 atom stereocenters. The van der Waals surface area contributed by atoms with E-state index in [9.17, 15) is 4.79 Å². The van der Waals surface area contributed by atoms with Crippen LogP contribution >= 0.6 is 23.1 Å². The minimum Gasteiger partial charge on any atom is -0.490 e. The highest BCUT2D eigenvalue weighted by molar-refractivity contribution is 7.99. The van der Waals surface area contributed by atoms with Crippen molar-refractivity contribution in [3.05, 3.63) is 44.8 Å². The van der Waals surface area contributed by atoms with E-state index in [1.54, 1.807) is 23.1 Å². The van der Waals surface area contributed by atoms with Crippen LogP contribution in [0.25, 0.3) is 10.2 Å². The molecule has 1 aromatic carbocycles. The van der Waals surface area contributed by atoms with Gasteiger partial charge in [-0.05, 0) is 44.5 Å². The van der Waals surface area contributed by atoms with E-state index in [1.807, 2.05) is 39.0 Å². The number of hydrogen-bond donors (Lipinski definition) is 1. The highest BCUT2D eigenvalue weighted by atomic mass is 32.2. The third-order valence-corrected chi connectivity index (χ3v) is 6.68. The minimum atomic E-state index is -0.0574. The van der Waals surface area contributed by atoms with Crippen LogP contribution in [0.5, 0.6) is 11.5 Å². The Morgan fingerprint density at radius 3 is 2.81 bits per heavy atom. The average Bonchev–Trinajstić information content (AvgIpc) is 2.78. The number of H-pyrrole nitrogens is 1. The molecule has 0 unspecified atom stereocenters. The summed E-state index contributed by atoms with van der Waals surface area (Å²) in [7, 11) is 0. The Morgan fingerprint density at radius 1 is 1.23 bits per heavy atom. The maximum absolute atomic E-state index is 12.5. The summed E-state index contributed by atoms with van der Waals surface area (Å²) < 4.78 is 11.4. The average molecular weight is 389 g/mol. The number of nitrogens with zero attached hydrogens (tertiary/aromatic N) is 1. The van der Waals surface area contributed by atoms with Crippen molar-refractivity contribution < 1.29 is 9.47 Å². The third kappa shape index (κ3) is 3.21. The molecule has 7 heteroatoms. The summed E-state index contributed by atoms with van der Waals surface area (Å²) in [6.07, 6.45) is 0.887. The number of ether oxygens (including phenoxy) is 2. The number of thioether (sulfide) groups is 1. The molecule has 0 saturated carbocycles. The molecule has 0 fully saturated rings. The van der Waals surface area contributed by atoms with Crippen LogP contribution in [0.15, 0.2) is 27.9 Å². The molecule has 3 aromatic rings. The summed E-state index contributed by atoms with van der Waals surface area (Å²) in [4.78, 5) is 23.2. The first-order valence-electron chi connectivity index (χ1n) is 8.59. The molecular weight excluding hydrogens is 368 g/mol. The van der Waals surface area contributed by atoms with Crippen LogP contribution in [0.1, 0.15) is 34.9 Å². The van der Waals surface area contributed by atoms with E-state index >= 15 is 0 Å². The van der Waals surface area contributed by atoms with Crippen molar-refractivity contribution in [2.75, 3.05) is 13.2 Å². The number of aromatic nitrogens is 2. The lowest BCUT2D eigenvalue weighted by Crippen LogP contribution is -2.12. The quantitative estimate of drug-likeness (QED) is 0.664. The fourth-order valence-electron chi connectivity index (χ4n) is 2.94. The van der Waals surface area contributed by atoms with Gasteiger partial charge >= 0.3 is 0 Å². The summed E-state index contributed by atoms with van der Waals surface area (Å²) in [5, 5.41) is 0.726. The van der Waals surface area contributed by atoms with Crippen molar-refractivity contribution in [3.8, 4) is 11.5 Å². The lowest BCUT2D eigenvalue weighted by atomic mass is 10.2. The van der Waals surface area contributed by atoms with Gasteiger partial charge in [-0.3, -0.25) is 4.79 Å². The van der Waals surface area contributed by atoms with Crippen molar-refractivity contribution in [3.63, 3.8) is 0 Å². The van der Waals surface area contributed by atoms with Gasteiger partial charge in [0, 0.05) is 16.2 Å². The number of rotatable bonds is 3. The number of nitrogens with one attached hydrogen (secondary N) is 1. The zero-order chi connectivity index (χ0) is 18.3. The molecule has 0 aliphatic carbocycles. The zero-order valence-electron chi connectivity index (χ0n) is 14.9. The van der Waals surface area contributed by atoms with Gasteiger partial charge in [0.1, 0.15) is 10.7 Å². The number of benzene rings is 1. The molecule has 2 aromatic heterocycles. The second-order valence-electron chi connectivity index (χ2n) is 6.33. The monoisotopic (exact) mass is 388 g/mol. The van der Waals surface area contributed by atoms with Crippen LogP contribution in [0, 0.1) is 13.8 Å². The number of thiophene rings is 1. The van der Waals surface area contributed by atoms with Gasteiger partial charge in [0.2, 0.25) is 0 Å². The number of aryl methyl sites for hydroxylation is 2. The van der Waals surface area contributed by atoms with E-state index in [4.69, 9.17) is 14.5 Å². The lowest BCUT2D eigenvalue weighted by molar-refractivity contribution is 0.297. The van der Waals surface area contributed by atoms with Crippen LogP contribution < -0.4 is 15.0 Å². The Kier molecular flexibility index (Phi) is 4.67. The first-order valence-corrected chi connectivity index (χ1v) is 10.3. The second-order valence-corrected chi connectivity index (χ2v) is 8.95. The SMILES string of the molecule is Cc1sc2nc([C@@H](C)Sc3ccc4c(c3)OCCCO4)[nH]c(=O)c2c1C. The van der Waals surface area contributed by atoms with Crippen LogP contribution in [0.4, 0.5) is 0 Å². The van der Waals surface area contributed by atoms with Gasteiger partial charge in [-0.1, -0.05) is 0 Å². The van der Waals surface area contributed by atoms with E-state index in [2.05, 4.69) is 4.98 Å². The summed E-state index contributed by atoms with van der Waals surface area (Å²) in [5.74, 6) is 2.26. The predicted molar refractivity (Wildman–Crippen MR) is 106 cm³/mol. The van der Waals surface area contributed by atoms with Crippen molar-refractivity contribution >= 4 is 33.3 Å². The van der Waals surface area contributed by atoms with Gasteiger partial charge in [0.05, 0.1) is 23.8 Å². The maximum Gasteiger partial charge on any atom is 0.259 e. The zero-order valence-corrected chi connectivity index (χ0v) is 16.6. The standard InChI is InChI=1S/C19H20N2O3S2/c1-10-11(2)26-19-16(10)18(22)20-17(21-19)12(3)25-13-5-6-14-15(9-13)24-8-4-7-23-14/h5-6,9,12H,4,7-8H2,1-3H3,(H,20,21,22)/t12-/m1/s1. The number of fused-ring (bicyclic) bond motifs is 2. The van der Waals surface area contributed by atoms with E-state index in [-0.39, 0.29) is 10.8 Å². The molecule has 1 N–H and O–H groups in total. The van der Waals surface area contributed by atoms with Crippen LogP contribution in [0.3, 0.4) is 0 Å². The Balaban J connectivity index is 1.62. The van der Waals surface area contributed by atoms with Crippen LogP contribution in [-0.2, 0) is 0 Å². The molecule has 4 rings (SSSR count). The molecule has 26 heavy (non-hydrogen) atoms. The Bertz CT molecular complexity index is 1030. The van der Waals surface area contributed by atoms with Crippen molar-refractivity contribution in [1.82, 2.24) is 9.97 Å². The van der Waals surface area contributed by atoms with Gasteiger partial charge in [-0.25, -0.2) is 4.98 Å². The molecule has 0 saturated heterocycles. The Morgan fingerprint density at radius 2 is 2.00 bits per heavy atom. The van der Waals surface area contributed by atoms with E-state index in [0.717, 1.165) is 38.1 Å². The van der Waals surface area contributed by atoms with Crippen LogP contribution in [-0.4, -0.2) is 23.2 Å². The van der Waals surface area contributed by atoms with Gasteiger partial charge in [0.25, 0.3) is 5.56 Å². The summed E-state index contributed by atoms with van der Waals surface area (Å²) in [6.45, 7) is 7.39. The van der Waals surface area contributed by atoms with E-state index < -0.39 is 0 Å². The summed E-state index contributed by atoms with van der Waals surface area (Å²) >= 11 is 3.22. The normalized spacial score (nSPS) is 15.0. The third-order valence-electron chi connectivity index (χ3n) is 4.47. The minimum absolute atomic E-state index is 0.0135. The summed E-state index contributed by atoms with van der Waals surface area (Å²) in [6, 6.07) is 5.96. The summed E-state index contributed by atoms with van der Waals surface area (Å²) in [5.41, 5.74) is 0.964. The lowest BCUT2D eigenvalue weighted by Gasteiger charge is -2.13. The van der Waals surface area contributed by atoms with Gasteiger partial charge < -0.3 is 14.5 Å². The molecule has 1 aliphatic heterocycles. The van der Waals surface area contributed by atoms with Crippen molar-refractivity contribution in [2.45, 2.75) is 37.3 Å². The van der Waals surface area contributed by atoms with Gasteiger partial charge in [-0.15, -0.1) is 23.1 Å². The van der Waals surface area contributed by atoms with Crippen LogP contribution in [0.2, 0.25) is 0 Å². The Hall–Kier alpha value is -1.99. The van der Waals surface area contributed by atoms with E-state index in [1.165, 1.54) is 0 Å². The van der Waals surface area contributed by atoms with Crippen molar-refractivity contribution in [1.29, 1.82) is 0 Å². The molecule has 1 aliphatic rings. The molecule has 0 amide bonds. The molecule has 0 spiro atoms. The number of aromatic amines is 1. The highest BCUT2D eigenvalue weighted by Gasteiger charge is 2.17. The largest absolute Gasteiger partial charge is 0.490 e. The first-order chi connectivity index (χ1) is 12.5. The molecule has 5 nitrogen and oxygen atoms in total. The smallest absolute Gasteiger partial charge is 0.259 e. The van der Waals surface area contributed by atoms with Crippen molar-refractivity contribution in [2.24, 2.45) is 0 Å².